The van der Waals surface area contributed by atoms with E-state index in [0.717, 1.165) is 10.1 Å². The minimum absolute atomic E-state index is 0.0476. The highest BCUT2D eigenvalue weighted by Crippen LogP contribution is 2.23. The second-order valence-corrected chi connectivity index (χ2v) is 4.56. The third kappa shape index (κ3) is 3.51. The molecule has 0 radical (unpaired) electrons. The number of aliphatic hydroxyl groups excluding tert-OH is 1. The molecule has 21 heavy (non-hydrogen) atoms. The summed E-state index contributed by atoms with van der Waals surface area (Å²) >= 11 is 0. The molecule has 0 atom stereocenters. The number of ether oxygens (including phenoxy) is 1. The zero-order chi connectivity index (χ0) is 15.4. The smallest absolute Gasteiger partial charge is 0.329 e. The van der Waals surface area contributed by atoms with Gasteiger partial charge >= 0.3 is 5.69 Å². The molecule has 112 valence electrons. The van der Waals surface area contributed by atoms with E-state index < -0.39 is 5.69 Å². The highest BCUT2D eigenvalue weighted by atomic mass is 16.5. The maximum absolute atomic E-state index is 11.5. The van der Waals surface area contributed by atoms with Gasteiger partial charge in [-0.3, -0.25) is 14.3 Å². The average Bonchev–Trinajstić information content (AvgIpc) is 2.44. The summed E-state index contributed by atoms with van der Waals surface area (Å²) in [5.41, 5.74) is 0.720. The number of aryl methyl sites for hydroxylation is 1. The molecule has 1 heterocycles. The minimum Gasteiger partial charge on any atom is -0.491 e. The maximum Gasteiger partial charge on any atom is 0.329 e. The fraction of sp³-hybridized carbons (Fsp3) is 0.286. The number of benzene rings is 1. The molecule has 0 aliphatic carbocycles. The zero-order valence-electron chi connectivity index (χ0n) is 11.8. The van der Waals surface area contributed by atoms with Crippen molar-refractivity contribution in [2.75, 3.05) is 18.5 Å². The second-order valence-electron chi connectivity index (χ2n) is 4.56. The molecule has 0 aliphatic heterocycles. The lowest BCUT2D eigenvalue weighted by molar-refractivity contribution is 0.200. The van der Waals surface area contributed by atoms with E-state index in [9.17, 15) is 9.59 Å². The third-order valence-corrected chi connectivity index (χ3v) is 2.95. The van der Waals surface area contributed by atoms with Crippen LogP contribution in [0.5, 0.6) is 5.75 Å². The molecule has 0 spiro atoms. The van der Waals surface area contributed by atoms with Crippen molar-refractivity contribution >= 4 is 11.5 Å². The molecule has 1 aromatic carbocycles. The van der Waals surface area contributed by atoms with Gasteiger partial charge in [0.05, 0.1) is 6.61 Å². The molecule has 2 rings (SSSR count). The molecule has 1 aromatic heterocycles. The van der Waals surface area contributed by atoms with Gasteiger partial charge in [-0.05, 0) is 30.7 Å². The van der Waals surface area contributed by atoms with Gasteiger partial charge in [0, 0.05) is 18.8 Å². The van der Waals surface area contributed by atoms with E-state index in [1.54, 1.807) is 12.1 Å². The van der Waals surface area contributed by atoms with Crippen molar-refractivity contribution in [2.24, 2.45) is 7.05 Å². The first-order chi connectivity index (χ1) is 10.0. The van der Waals surface area contributed by atoms with Crippen LogP contribution in [0.2, 0.25) is 0 Å². The van der Waals surface area contributed by atoms with Crippen molar-refractivity contribution in [2.45, 2.75) is 6.92 Å². The summed E-state index contributed by atoms with van der Waals surface area (Å²) < 4.78 is 6.34. The molecule has 0 unspecified atom stereocenters. The van der Waals surface area contributed by atoms with Crippen LogP contribution < -0.4 is 21.3 Å². The Morgan fingerprint density at radius 1 is 1.33 bits per heavy atom. The van der Waals surface area contributed by atoms with Crippen molar-refractivity contribution in [1.82, 2.24) is 9.55 Å². The lowest BCUT2D eigenvalue weighted by Crippen LogP contribution is -2.32. The highest BCUT2D eigenvalue weighted by Gasteiger charge is 2.04. The van der Waals surface area contributed by atoms with E-state index in [1.807, 2.05) is 13.0 Å². The Balaban J connectivity index is 2.22. The highest BCUT2D eigenvalue weighted by molar-refractivity contribution is 5.58. The molecule has 0 bridgehead atoms. The van der Waals surface area contributed by atoms with E-state index >= 15 is 0 Å². The summed E-state index contributed by atoms with van der Waals surface area (Å²) in [6, 6.07) is 6.65. The van der Waals surface area contributed by atoms with Gasteiger partial charge in [0.15, 0.2) is 0 Å². The molecule has 0 saturated carbocycles. The summed E-state index contributed by atoms with van der Waals surface area (Å²) in [5.74, 6) is 0.999. The van der Waals surface area contributed by atoms with Gasteiger partial charge in [0.2, 0.25) is 0 Å². The van der Waals surface area contributed by atoms with Gasteiger partial charge in [0.25, 0.3) is 5.56 Å². The molecule has 7 nitrogen and oxygen atoms in total. The average molecular weight is 291 g/mol. The first kappa shape index (κ1) is 14.9. The van der Waals surface area contributed by atoms with Crippen molar-refractivity contribution in [3.05, 3.63) is 50.7 Å². The van der Waals surface area contributed by atoms with Crippen LogP contribution in [0.25, 0.3) is 0 Å². The van der Waals surface area contributed by atoms with Crippen LogP contribution in [0.3, 0.4) is 0 Å². The van der Waals surface area contributed by atoms with Gasteiger partial charge in [-0.25, -0.2) is 4.79 Å². The molecule has 0 aliphatic rings. The fourth-order valence-corrected chi connectivity index (χ4v) is 1.82. The summed E-state index contributed by atoms with van der Waals surface area (Å²) in [6.45, 7) is 2.05. The molecular formula is C14H17N3O4. The zero-order valence-corrected chi connectivity index (χ0v) is 11.8. The maximum atomic E-state index is 11.5. The Morgan fingerprint density at radius 2 is 2.10 bits per heavy atom. The van der Waals surface area contributed by atoms with Gasteiger partial charge in [-0.15, -0.1) is 0 Å². The Morgan fingerprint density at radius 3 is 2.71 bits per heavy atom. The van der Waals surface area contributed by atoms with Gasteiger partial charge in [-0.1, -0.05) is 0 Å². The van der Waals surface area contributed by atoms with E-state index in [0.29, 0.717) is 17.3 Å². The largest absolute Gasteiger partial charge is 0.491 e. The Hall–Kier alpha value is -2.54. The number of aromatic nitrogens is 2. The van der Waals surface area contributed by atoms with Crippen molar-refractivity contribution in [1.29, 1.82) is 0 Å². The predicted octanol–water partition coefficient (Wildman–Crippen LogP) is 0.497. The topological polar surface area (TPSA) is 96.4 Å². The number of H-pyrrole nitrogens is 1. The molecule has 0 fully saturated rings. The van der Waals surface area contributed by atoms with E-state index in [-0.39, 0.29) is 18.8 Å². The molecule has 2 aromatic rings. The monoisotopic (exact) mass is 291 g/mol. The number of anilines is 2. The van der Waals surface area contributed by atoms with Gasteiger partial charge in [-0.2, -0.15) is 0 Å². The number of hydrogen-bond acceptors (Lipinski definition) is 5. The number of nitrogens with zero attached hydrogens (tertiary/aromatic N) is 1. The van der Waals surface area contributed by atoms with Gasteiger partial charge in [0.1, 0.15) is 18.2 Å². The van der Waals surface area contributed by atoms with Gasteiger partial charge < -0.3 is 15.2 Å². The number of aromatic amines is 1. The van der Waals surface area contributed by atoms with Crippen molar-refractivity contribution < 1.29 is 9.84 Å². The quantitative estimate of drug-likeness (QED) is 0.745. The predicted molar refractivity (Wildman–Crippen MR) is 79.3 cm³/mol. The van der Waals surface area contributed by atoms with Crippen LogP contribution >= 0.6 is 0 Å². The first-order valence-electron chi connectivity index (χ1n) is 6.43. The Kier molecular flexibility index (Phi) is 4.44. The van der Waals surface area contributed by atoms with E-state index in [4.69, 9.17) is 9.84 Å². The van der Waals surface area contributed by atoms with Crippen molar-refractivity contribution in [3.63, 3.8) is 0 Å². The molecule has 0 saturated heterocycles. The minimum atomic E-state index is -0.482. The number of nitrogens with one attached hydrogen (secondary N) is 2. The standard InChI is InChI=1S/C14H17N3O4/c1-9-7-10(3-4-11(9)21-6-5-18)15-12-8-13(19)17(2)14(20)16-12/h3-4,7-8,15,18H,5-6H2,1-2H3,(H,16,20). The normalized spacial score (nSPS) is 10.4. The summed E-state index contributed by atoms with van der Waals surface area (Å²) in [4.78, 5) is 25.6. The first-order valence-corrected chi connectivity index (χ1v) is 6.43. The van der Waals surface area contributed by atoms with Crippen LogP contribution in [0, 0.1) is 6.92 Å². The number of rotatable bonds is 5. The van der Waals surface area contributed by atoms with Crippen molar-refractivity contribution in [3.8, 4) is 5.75 Å². The third-order valence-electron chi connectivity index (χ3n) is 2.95. The fourth-order valence-electron chi connectivity index (χ4n) is 1.82. The number of aliphatic hydroxyl groups is 1. The summed E-state index contributed by atoms with van der Waals surface area (Å²) in [7, 11) is 1.41. The lowest BCUT2D eigenvalue weighted by atomic mass is 10.2. The molecule has 3 N–H and O–H groups in total. The van der Waals surface area contributed by atoms with E-state index in [2.05, 4.69) is 10.3 Å². The lowest BCUT2D eigenvalue weighted by Gasteiger charge is -2.11. The second kappa shape index (κ2) is 6.27. The molecular weight excluding hydrogens is 274 g/mol. The van der Waals surface area contributed by atoms with Crippen LogP contribution in [0.4, 0.5) is 11.5 Å². The summed E-state index contributed by atoms with van der Waals surface area (Å²) in [6.07, 6.45) is 0. The van der Waals surface area contributed by atoms with Crippen LogP contribution in [-0.4, -0.2) is 27.9 Å². The number of hydrogen-bond donors (Lipinski definition) is 3. The molecule has 0 amide bonds. The van der Waals surface area contributed by atoms with Crippen LogP contribution in [0.1, 0.15) is 5.56 Å². The SMILES string of the molecule is Cc1cc(Nc2cc(=O)n(C)c(=O)[nH]2)ccc1OCCO. The van der Waals surface area contributed by atoms with Crippen LogP contribution in [0.15, 0.2) is 33.9 Å². The van der Waals surface area contributed by atoms with E-state index in [1.165, 1.54) is 13.1 Å². The molecule has 7 heteroatoms. The summed E-state index contributed by atoms with van der Waals surface area (Å²) in [5, 5.41) is 11.7. The Labute approximate surface area is 120 Å². The Bertz CT molecular complexity index is 717. The van der Waals surface area contributed by atoms with Crippen LogP contribution in [-0.2, 0) is 7.05 Å².